The van der Waals surface area contributed by atoms with Crippen molar-refractivity contribution in [2.75, 3.05) is 34.4 Å². The van der Waals surface area contributed by atoms with Crippen LogP contribution in [-0.4, -0.2) is 68.9 Å². The quantitative estimate of drug-likeness (QED) is 0.260. The molecule has 0 radical (unpaired) electrons. The van der Waals surface area contributed by atoms with Gasteiger partial charge in [0.15, 0.2) is 0 Å². The minimum absolute atomic E-state index is 0.218. The van der Waals surface area contributed by atoms with Gasteiger partial charge in [0.2, 0.25) is 17.7 Å². The summed E-state index contributed by atoms with van der Waals surface area (Å²) >= 11 is 5.99. The maximum absolute atomic E-state index is 13.7. The minimum Gasteiger partial charge on any atom is -0.496 e. The lowest BCUT2D eigenvalue weighted by molar-refractivity contribution is -0.139. The van der Waals surface area contributed by atoms with Gasteiger partial charge in [0, 0.05) is 34.8 Å². The second kappa shape index (κ2) is 15.0. The SMILES string of the molecule is COc1ccc2cc1-c1cc(ccc1OC)C(N(C)C(=O)CNC(=O)c1ccc(-c3ccc(Cl)cc3)cc1)C(=O)NCC(=O)NC(C)C2. The van der Waals surface area contributed by atoms with Gasteiger partial charge < -0.3 is 30.3 Å². The summed E-state index contributed by atoms with van der Waals surface area (Å²) in [6.07, 6.45) is 0.552. The summed E-state index contributed by atoms with van der Waals surface area (Å²) in [4.78, 5) is 54.2. The van der Waals surface area contributed by atoms with Gasteiger partial charge in [-0.05, 0) is 84.1 Å². The third-order valence-electron chi connectivity index (χ3n) is 8.22. The van der Waals surface area contributed by atoms with Gasteiger partial charge in [-0.2, -0.15) is 0 Å². The number of nitrogens with zero attached hydrogens (tertiary/aromatic N) is 1. The van der Waals surface area contributed by atoms with E-state index in [1.54, 1.807) is 56.7 Å². The van der Waals surface area contributed by atoms with Crippen LogP contribution in [0.15, 0.2) is 84.9 Å². The van der Waals surface area contributed by atoms with E-state index in [2.05, 4.69) is 16.0 Å². The number of carbonyl (C=O) groups is 4. The largest absolute Gasteiger partial charge is 0.496 e. The molecule has 1 heterocycles. The molecule has 11 heteroatoms. The number of likely N-dealkylation sites (N-methyl/N-ethyl adjacent to an activating group) is 1. The predicted octanol–water partition coefficient (Wildman–Crippen LogP) is 4.80. The summed E-state index contributed by atoms with van der Waals surface area (Å²) in [6, 6.07) is 23.9. The third-order valence-corrected chi connectivity index (χ3v) is 8.47. The van der Waals surface area contributed by atoms with E-state index in [-0.39, 0.29) is 25.0 Å². The van der Waals surface area contributed by atoms with Gasteiger partial charge in [0.1, 0.15) is 17.5 Å². The Morgan fingerprint density at radius 2 is 1.48 bits per heavy atom. The smallest absolute Gasteiger partial charge is 0.251 e. The average molecular weight is 669 g/mol. The van der Waals surface area contributed by atoms with E-state index in [4.69, 9.17) is 21.1 Å². The van der Waals surface area contributed by atoms with Gasteiger partial charge in [-0.1, -0.05) is 48.0 Å². The Kier molecular flexibility index (Phi) is 10.7. The van der Waals surface area contributed by atoms with Crippen LogP contribution in [0.25, 0.3) is 22.3 Å². The summed E-state index contributed by atoms with van der Waals surface area (Å²) in [6.45, 7) is 1.24. The molecule has 248 valence electrons. The number of amides is 4. The molecule has 1 aliphatic rings. The zero-order chi connectivity index (χ0) is 34.4. The number of methoxy groups -OCH3 is 2. The number of halogens is 1. The third kappa shape index (κ3) is 7.78. The van der Waals surface area contributed by atoms with Crippen LogP contribution in [0.4, 0.5) is 0 Å². The first kappa shape index (κ1) is 34.0. The molecule has 4 bridgehead atoms. The van der Waals surface area contributed by atoms with Gasteiger partial charge >= 0.3 is 0 Å². The van der Waals surface area contributed by atoms with E-state index in [9.17, 15) is 19.2 Å². The molecule has 1 aliphatic heterocycles. The van der Waals surface area contributed by atoms with Crippen LogP contribution in [-0.2, 0) is 20.8 Å². The summed E-state index contributed by atoms with van der Waals surface area (Å²) in [5.74, 6) is -0.750. The highest BCUT2D eigenvalue weighted by Crippen LogP contribution is 2.39. The molecule has 5 rings (SSSR count). The average Bonchev–Trinajstić information content (AvgIpc) is 3.09. The summed E-state index contributed by atoms with van der Waals surface area (Å²) in [5.41, 5.74) is 5.06. The molecular formula is C37H37ClN4O6. The lowest BCUT2D eigenvalue weighted by atomic mass is 9.94. The van der Waals surface area contributed by atoms with Crippen LogP contribution in [0.3, 0.4) is 0 Å². The van der Waals surface area contributed by atoms with E-state index in [0.29, 0.717) is 39.6 Å². The first-order chi connectivity index (χ1) is 23.1. The van der Waals surface area contributed by atoms with Crippen LogP contribution in [0, 0.1) is 0 Å². The number of carbonyl (C=O) groups excluding carboxylic acids is 4. The zero-order valence-corrected chi connectivity index (χ0v) is 27.9. The molecule has 0 fully saturated rings. The minimum atomic E-state index is -1.14. The molecule has 48 heavy (non-hydrogen) atoms. The van der Waals surface area contributed by atoms with Crippen molar-refractivity contribution in [2.45, 2.75) is 25.4 Å². The number of fused-ring (bicyclic) bond motifs is 5. The second-order valence-electron chi connectivity index (χ2n) is 11.6. The highest BCUT2D eigenvalue weighted by molar-refractivity contribution is 6.30. The highest BCUT2D eigenvalue weighted by Gasteiger charge is 2.31. The second-order valence-corrected chi connectivity index (χ2v) is 12.0. The Labute approximate surface area is 284 Å². The molecule has 2 atom stereocenters. The van der Waals surface area contributed by atoms with Crippen molar-refractivity contribution in [3.05, 3.63) is 107 Å². The fourth-order valence-corrected chi connectivity index (χ4v) is 5.85. The maximum Gasteiger partial charge on any atom is 0.251 e. The number of hydrogen-bond acceptors (Lipinski definition) is 6. The van der Waals surface area contributed by atoms with E-state index >= 15 is 0 Å². The van der Waals surface area contributed by atoms with E-state index in [1.165, 1.54) is 11.9 Å². The fourth-order valence-electron chi connectivity index (χ4n) is 5.73. The number of rotatable bonds is 7. The Bertz CT molecular complexity index is 1830. The summed E-state index contributed by atoms with van der Waals surface area (Å²) in [5, 5.41) is 8.88. The van der Waals surface area contributed by atoms with Crippen molar-refractivity contribution in [2.24, 2.45) is 0 Å². The number of benzene rings is 4. The molecular weight excluding hydrogens is 632 g/mol. The van der Waals surface area contributed by atoms with Crippen LogP contribution in [0.2, 0.25) is 5.02 Å². The standard InChI is InChI=1S/C37H37ClN4O6/c1-22-17-23-5-15-31(47-3)29(18-23)30-19-27(12-16-32(30)48-4)35(37(46)39-20-33(43)41-22)42(2)34(44)21-40-36(45)26-8-6-24(7-9-26)25-10-13-28(38)14-11-25/h5-16,18-19,22,35H,17,20-21H2,1-4H3,(H,39,46)(H,40,45)(H,41,43). The van der Waals surface area contributed by atoms with Gasteiger partial charge in [-0.3, -0.25) is 19.2 Å². The molecule has 0 spiro atoms. The molecule has 4 aromatic rings. The zero-order valence-electron chi connectivity index (χ0n) is 27.1. The number of hydrogen-bond donors (Lipinski definition) is 3. The van der Waals surface area contributed by atoms with Crippen LogP contribution >= 0.6 is 11.6 Å². The topological polar surface area (TPSA) is 126 Å². The predicted molar refractivity (Wildman–Crippen MR) is 184 cm³/mol. The molecule has 3 N–H and O–H groups in total. The van der Waals surface area contributed by atoms with Gasteiger partial charge in [-0.25, -0.2) is 0 Å². The lowest BCUT2D eigenvalue weighted by Crippen LogP contribution is -2.48. The number of ether oxygens (including phenoxy) is 2. The van der Waals surface area contributed by atoms with Crippen molar-refractivity contribution < 1.29 is 28.7 Å². The van der Waals surface area contributed by atoms with E-state index in [1.807, 2.05) is 49.4 Å². The number of nitrogens with one attached hydrogen (secondary N) is 3. The molecule has 0 aliphatic carbocycles. The van der Waals surface area contributed by atoms with Crippen molar-refractivity contribution >= 4 is 35.2 Å². The van der Waals surface area contributed by atoms with Crippen molar-refractivity contribution in [1.82, 2.24) is 20.9 Å². The first-order valence-corrected chi connectivity index (χ1v) is 15.8. The van der Waals surface area contributed by atoms with Crippen molar-refractivity contribution in [3.63, 3.8) is 0 Å². The molecule has 4 aromatic carbocycles. The van der Waals surface area contributed by atoms with Crippen molar-refractivity contribution in [3.8, 4) is 33.8 Å². The Morgan fingerprint density at radius 1 is 0.875 bits per heavy atom. The molecule has 10 nitrogen and oxygen atoms in total. The fraction of sp³-hybridized carbons (Fsp3) is 0.243. The summed E-state index contributed by atoms with van der Waals surface area (Å²) in [7, 11) is 4.61. The van der Waals surface area contributed by atoms with Crippen LogP contribution in [0.5, 0.6) is 11.5 Å². The maximum atomic E-state index is 13.7. The van der Waals surface area contributed by atoms with Gasteiger partial charge in [0.05, 0.1) is 27.3 Å². The van der Waals surface area contributed by atoms with Crippen molar-refractivity contribution in [1.29, 1.82) is 0 Å². The highest BCUT2D eigenvalue weighted by atomic mass is 35.5. The Balaban J connectivity index is 1.41. The summed E-state index contributed by atoms with van der Waals surface area (Å²) < 4.78 is 11.4. The Morgan fingerprint density at radius 3 is 2.12 bits per heavy atom. The molecule has 0 aromatic heterocycles. The van der Waals surface area contributed by atoms with E-state index < -0.39 is 23.8 Å². The lowest BCUT2D eigenvalue weighted by Gasteiger charge is -2.29. The molecule has 4 amide bonds. The Hall–Kier alpha value is -5.35. The first-order valence-electron chi connectivity index (χ1n) is 15.4. The van der Waals surface area contributed by atoms with E-state index in [0.717, 1.165) is 22.3 Å². The van der Waals surface area contributed by atoms with Crippen LogP contribution in [0.1, 0.15) is 34.5 Å². The van der Waals surface area contributed by atoms with Gasteiger partial charge in [0.25, 0.3) is 5.91 Å². The monoisotopic (exact) mass is 668 g/mol. The molecule has 2 unspecified atom stereocenters. The van der Waals surface area contributed by atoms with Gasteiger partial charge in [-0.15, -0.1) is 0 Å². The van der Waals surface area contributed by atoms with Crippen LogP contribution < -0.4 is 25.4 Å². The molecule has 0 saturated heterocycles. The molecule has 0 saturated carbocycles. The normalized spacial score (nSPS) is 16.1.